The number of carbonyl (C=O) groups excluding carboxylic acids is 2. The fourth-order valence-electron chi connectivity index (χ4n) is 3.01. The minimum absolute atomic E-state index is 0.111. The molecule has 0 aromatic heterocycles. The molecule has 0 saturated heterocycles. The average Bonchev–Trinajstić information content (AvgIpc) is 2.65. The Morgan fingerprint density at radius 2 is 1.85 bits per heavy atom. The Labute approximate surface area is 152 Å². The molecule has 0 aliphatic carbocycles. The lowest BCUT2D eigenvalue weighted by Crippen LogP contribution is -2.51. The third-order valence-electron chi connectivity index (χ3n) is 4.36. The lowest BCUT2D eigenvalue weighted by Gasteiger charge is -2.34. The topological polar surface area (TPSA) is 67.9 Å². The van der Waals surface area contributed by atoms with Crippen LogP contribution in [-0.4, -0.2) is 38.1 Å². The maximum absolute atomic E-state index is 12.8. The van der Waals surface area contributed by atoms with Crippen LogP contribution in [-0.2, 0) is 9.59 Å². The molecule has 0 saturated carbocycles. The highest BCUT2D eigenvalue weighted by molar-refractivity contribution is 5.98. The minimum Gasteiger partial charge on any atom is -0.483 e. The molecule has 1 heterocycles. The van der Waals surface area contributed by atoms with Crippen LogP contribution in [0.4, 0.5) is 5.69 Å². The molecule has 136 valence electrons. The Morgan fingerprint density at radius 1 is 1.15 bits per heavy atom. The highest BCUT2D eigenvalue weighted by Gasteiger charge is 2.33. The number of carbonyl (C=O) groups is 2. The van der Waals surface area contributed by atoms with Crippen LogP contribution in [0.5, 0.6) is 11.5 Å². The number of benzene rings is 2. The van der Waals surface area contributed by atoms with Crippen molar-refractivity contribution in [2.75, 3.05) is 25.1 Å². The maximum atomic E-state index is 12.8. The van der Waals surface area contributed by atoms with Gasteiger partial charge in [0.1, 0.15) is 11.5 Å². The van der Waals surface area contributed by atoms with Crippen LogP contribution >= 0.6 is 0 Å². The van der Waals surface area contributed by atoms with E-state index in [1.54, 1.807) is 30.1 Å². The summed E-state index contributed by atoms with van der Waals surface area (Å²) in [6.07, 6.45) is -0.751. The molecule has 26 heavy (non-hydrogen) atoms. The van der Waals surface area contributed by atoms with Gasteiger partial charge in [-0.1, -0.05) is 30.3 Å². The second-order valence-corrected chi connectivity index (χ2v) is 6.20. The van der Waals surface area contributed by atoms with Crippen molar-refractivity contribution in [2.24, 2.45) is 0 Å². The van der Waals surface area contributed by atoms with E-state index in [4.69, 9.17) is 9.47 Å². The van der Waals surface area contributed by atoms with Crippen molar-refractivity contribution in [3.8, 4) is 11.5 Å². The monoisotopic (exact) mass is 354 g/mol. The van der Waals surface area contributed by atoms with Gasteiger partial charge in [0.15, 0.2) is 12.7 Å². The number of likely N-dealkylation sites (N-methyl/N-ethyl adjacent to an activating group) is 1. The molecule has 2 aromatic carbocycles. The zero-order valence-electron chi connectivity index (χ0n) is 15.1. The number of ether oxygens (including phenoxy) is 2. The molecule has 2 aromatic rings. The van der Waals surface area contributed by atoms with E-state index in [9.17, 15) is 9.59 Å². The number of nitrogens with zero attached hydrogens (tertiary/aromatic N) is 1. The number of nitrogens with one attached hydrogen (secondary N) is 1. The number of fused-ring (bicyclic) bond motifs is 1. The van der Waals surface area contributed by atoms with Crippen LogP contribution in [0.1, 0.15) is 11.1 Å². The summed E-state index contributed by atoms with van der Waals surface area (Å²) < 4.78 is 11.5. The highest BCUT2D eigenvalue weighted by Crippen LogP contribution is 2.33. The third kappa shape index (κ3) is 3.49. The second-order valence-electron chi connectivity index (χ2n) is 6.20. The number of amides is 2. The molecular formula is C20H22N2O4. The number of rotatable bonds is 4. The van der Waals surface area contributed by atoms with E-state index in [1.807, 2.05) is 38.1 Å². The van der Waals surface area contributed by atoms with Gasteiger partial charge in [0.25, 0.3) is 11.8 Å². The van der Waals surface area contributed by atoms with Crippen molar-refractivity contribution >= 4 is 17.5 Å². The van der Waals surface area contributed by atoms with Gasteiger partial charge in [0.2, 0.25) is 0 Å². The molecule has 1 aliphatic heterocycles. The molecule has 6 nitrogen and oxygen atoms in total. The first-order valence-corrected chi connectivity index (χ1v) is 8.48. The minimum atomic E-state index is -0.751. The van der Waals surface area contributed by atoms with Gasteiger partial charge < -0.3 is 19.7 Å². The van der Waals surface area contributed by atoms with Gasteiger partial charge in [-0.25, -0.2) is 0 Å². The molecule has 0 radical (unpaired) electrons. The van der Waals surface area contributed by atoms with Crippen LogP contribution in [0, 0.1) is 13.8 Å². The van der Waals surface area contributed by atoms with Gasteiger partial charge in [-0.15, -0.1) is 0 Å². The van der Waals surface area contributed by atoms with Crippen molar-refractivity contribution in [3.63, 3.8) is 0 Å². The van der Waals surface area contributed by atoms with Crippen molar-refractivity contribution in [3.05, 3.63) is 53.6 Å². The summed E-state index contributed by atoms with van der Waals surface area (Å²) in [6, 6.07) is 13.0. The van der Waals surface area contributed by atoms with Crippen molar-refractivity contribution in [2.45, 2.75) is 20.0 Å². The van der Waals surface area contributed by atoms with Gasteiger partial charge >= 0.3 is 0 Å². The molecule has 0 spiro atoms. The summed E-state index contributed by atoms with van der Waals surface area (Å²) in [5.41, 5.74) is 2.59. The normalized spacial score (nSPS) is 15.7. The second kappa shape index (κ2) is 7.47. The first-order chi connectivity index (χ1) is 12.5. The molecular weight excluding hydrogens is 332 g/mol. The van der Waals surface area contributed by atoms with E-state index >= 15 is 0 Å². The zero-order chi connectivity index (χ0) is 18.7. The third-order valence-corrected chi connectivity index (χ3v) is 4.36. The summed E-state index contributed by atoms with van der Waals surface area (Å²) in [5, 5.41) is 2.56. The van der Waals surface area contributed by atoms with Crippen LogP contribution in [0.2, 0.25) is 0 Å². The van der Waals surface area contributed by atoms with Crippen molar-refractivity contribution in [1.29, 1.82) is 0 Å². The van der Waals surface area contributed by atoms with Gasteiger partial charge in [0.05, 0.1) is 12.2 Å². The summed E-state index contributed by atoms with van der Waals surface area (Å²) in [4.78, 5) is 26.4. The van der Waals surface area contributed by atoms with E-state index in [-0.39, 0.29) is 25.0 Å². The molecule has 0 unspecified atom stereocenters. The lowest BCUT2D eigenvalue weighted by atomic mass is 10.1. The summed E-state index contributed by atoms with van der Waals surface area (Å²) >= 11 is 0. The summed E-state index contributed by atoms with van der Waals surface area (Å²) in [7, 11) is 1.54. The van der Waals surface area contributed by atoms with Crippen molar-refractivity contribution < 1.29 is 19.1 Å². The Hall–Kier alpha value is -3.02. The SMILES string of the molecule is CNC(=O)[C@H]1CN(C(=O)COc2c(C)cccc2C)c2ccccc2O1. The molecule has 3 rings (SSSR count). The Balaban J connectivity index is 1.80. The quantitative estimate of drug-likeness (QED) is 0.914. The number of para-hydroxylation sites is 3. The van der Waals surface area contributed by atoms with Gasteiger partial charge in [-0.2, -0.15) is 0 Å². The van der Waals surface area contributed by atoms with E-state index in [1.165, 1.54) is 0 Å². The Morgan fingerprint density at radius 3 is 2.54 bits per heavy atom. The molecule has 1 aliphatic rings. The van der Waals surface area contributed by atoms with E-state index in [2.05, 4.69) is 5.32 Å². The fourth-order valence-corrected chi connectivity index (χ4v) is 3.01. The summed E-state index contributed by atoms with van der Waals surface area (Å²) in [6.45, 7) is 3.92. The predicted octanol–water partition coefficient (Wildman–Crippen LogP) is 2.22. The van der Waals surface area contributed by atoms with E-state index in [0.29, 0.717) is 17.2 Å². The standard InChI is InChI=1S/C20H22N2O4/c1-13-7-6-8-14(2)19(13)25-12-18(23)22-11-17(20(24)21-3)26-16-10-5-4-9-15(16)22/h4-10,17H,11-12H2,1-3H3,(H,21,24)/t17-/m1/s1. The molecule has 6 heteroatoms. The van der Waals surface area contributed by atoms with Crippen molar-refractivity contribution in [1.82, 2.24) is 5.32 Å². The van der Waals surface area contributed by atoms with Gasteiger partial charge in [-0.3, -0.25) is 9.59 Å². The van der Waals surface area contributed by atoms with Crippen LogP contribution in [0.25, 0.3) is 0 Å². The molecule has 2 amide bonds. The number of aryl methyl sites for hydroxylation is 2. The van der Waals surface area contributed by atoms with Gasteiger partial charge in [-0.05, 0) is 37.1 Å². The maximum Gasteiger partial charge on any atom is 0.265 e. The first kappa shape index (κ1) is 17.8. The zero-order valence-corrected chi connectivity index (χ0v) is 15.1. The van der Waals surface area contributed by atoms with Crippen LogP contribution < -0.4 is 19.7 Å². The van der Waals surface area contributed by atoms with Crippen LogP contribution in [0.15, 0.2) is 42.5 Å². The lowest BCUT2D eigenvalue weighted by molar-refractivity contribution is -0.128. The number of hydrogen-bond acceptors (Lipinski definition) is 4. The predicted molar refractivity (Wildman–Crippen MR) is 98.7 cm³/mol. The fraction of sp³-hybridized carbons (Fsp3) is 0.300. The van der Waals surface area contributed by atoms with E-state index < -0.39 is 6.10 Å². The number of hydrogen-bond donors (Lipinski definition) is 1. The average molecular weight is 354 g/mol. The summed E-state index contributed by atoms with van der Waals surface area (Å²) in [5.74, 6) is 0.725. The Bertz CT molecular complexity index is 814. The highest BCUT2D eigenvalue weighted by atomic mass is 16.5. The Kier molecular flexibility index (Phi) is 5.11. The van der Waals surface area contributed by atoms with Gasteiger partial charge in [0, 0.05) is 7.05 Å². The largest absolute Gasteiger partial charge is 0.483 e. The van der Waals surface area contributed by atoms with E-state index in [0.717, 1.165) is 11.1 Å². The number of anilines is 1. The molecule has 1 atom stereocenters. The molecule has 0 fully saturated rings. The molecule has 1 N–H and O–H groups in total. The van der Waals surface area contributed by atoms with Crippen LogP contribution in [0.3, 0.4) is 0 Å². The smallest absolute Gasteiger partial charge is 0.265 e. The molecule has 0 bridgehead atoms. The first-order valence-electron chi connectivity index (χ1n) is 8.48.